The van der Waals surface area contributed by atoms with Crippen molar-refractivity contribution < 1.29 is 0 Å². The first-order valence-corrected chi connectivity index (χ1v) is 8.10. The average Bonchev–Trinajstić information content (AvgIpc) is 2.72. The maximum atomic E-state index is 3.50. The molecule has 0 fully saturated rings. The van der Waals surface area contributed by atoms with Crippen molar-refractivity contribution in [2.45, 2.75) is 12.5 Å². The molecule has 4 heteroatoms. The summed E-state index contributed by atoms with van der Waals surface area (Å²) in [5.74, 6) is 0. The smallest absolute Gasteiger partial charge is 0.0366 e. The molecule has 1 unspecified atom stereocenters. The van der Waals surface area contributed by atoms with Crippen LogP contribution in [0, 0.1) is 3.57 Å². The summed E-state index contributed by atoms with van der Waals surface area (Å²) in [6.45, 7) is 0. The molecule has 1 atom stereocenters. The Labute approximate surface area is 128 Å². The van der Waals surface area contributed by atoms with Crippen molar-refractivity contribution in [1.29, 1.82) is 0 Å². The summed E-state index contributed by atoms with van der Waals surface area (Å²) in [4.78, 5) is 1.40. The van der Waals surface area contributed by atoms with Crippen molar-refractivity contribution >= 4 is 49.9 Å². The van der Waals surface area contributed by atoms with Crippen molar-refractivity contribution in [3.05, 3.63) is 54.2 Å². The molecule has 17 heavy (non-hydrogen) atoms. The van der Waals surface area contributed by atoms with Gasteiger partial charge in [0.1, 0.15) is 0 Å². The van der Waals surface area contributed by atoms with Gasteiger partial charge in [0.2, 0.25) is 0 Å². The molecule has 0 saturated carbocycles. The van der Waals surface area contributed by atoms with Crippen molar-refractivity contribution in [1.82, 2.24) is 5.32 Å². The minimum absolute atomic E-state index is 0.385. The molecule has 1 N–H and O–H groups in total. The fourth-order valence-electron chi connectivity index (χ4n) is 1.77. The van der Waals surface area contributed by atoms with Crippen LogP contribution >= 0.6 is 49.9 Å². The predicted octanol–water partition coefficient (Wildman–Crippen LogP) is 4.62. The third-order valence-electron chi connectivity index (χ3n) is 2.63. The van der Waals surface area contributed by atoms with E-state index >= 15 is 0 Å². The Morgan fingerprint density at radius 3 is 2.82 bits per heavy atom. The van der Waals surface area contributed by atoms with E-state index in [2.05, 4.69) is 79.5 Å². The molecule has 1 heterocycles. The number of hydrogen-bond acceptors (Lipinski definition) is 2. The van der Waals surface area contributed by atoms with Gasteiger partial charge in [0, 0.05) is 30.8 Å². The fraction of sp³-hybridized carbons (Fsp3) is 0.231. The van der Waals surface area contributed by atoms with Crippen molar-refractivity contribution in [2.75, 3.05) is 7.05 Å². The Morgan fingerprint density at radius 2 is 2.24 bits per heavy atom. The second-order valence-electron chi connectivity index (χ2n) is 3.83. The van der Waals surface area contributed by atoms with Gasteiger partial charge in [0.15, 0.2) is 0 Å². The Hall–Kier alpha value is 0.0900. The van der Waals surface area contributed by atoms with Gasteiger partial charge in [0.05, 0.1) is 0 Å². The molecule has 0 amide bonds. The van der Waals surface area contributed by atoms with Gasteiger partial charge < -0.3 is 5.32 Å². The van der Waals surface area contributed by atoms with Crippen LogP contribution in [-0.4, -0.2) is 7.05 Å². The van der Waals surface area contributed by atoms with Gasteiger partial charge in [-0.05, 0) is 69.3 Å². The molecule has 0 spiro atoms. The van der Waals surface area contributed by atoms with Gasteiger partial charge in [-0.2, -0.15) is 0 Å². The molecule has 1 aromatic heterocycles. The van der Waals surface area contributed by atoms with Crippen LogP contribution < -0.4 is 5.32 Å². The van der Waals surface area contributed by atoms with Crippen LogP contribution in [0.2, 0.25) is 0 Å². The van der Waals surface area contributed by atoms with Gasteiger partial charge >= 0.3 is 0 Å². The van der Waals surface area contributed by atoms with Crippen LogP contribution in [-0.2, 0) is 6.42 Å². The molecule has 0 bridgehead atoms. The number of thiophene rings is 1. The van der Waals surface area contributed by atoms with E-state index in [0.29, 0.717) is 6.04 Å². The molecule has 2 rings (SSSR count). The summed E-state index contributed by atoms with van der Waals surface area (Å²) in [6.07, 6.45) is 1.03. The largest absolute Gasteiger partial charge is 0.313 e. The summed E-state index contributed by atoms with van der Waals surface area (Å²) in [5.41, 5.74) is 1.35. The first-order valence-electron chi connectivity index (χ1n) is 5.34. The topological polar surface area (TPSA) is 12.0 Å². The van der Waals surface area contributed by atoms with Crippen molar-refractivity contribution in [3.63, 3.8) is 0 Å². The maximum absolute atomic E-state index is 3.50. The van der Waals surface area contributed by atoms with E-state index in [4.69, 9.17) is 0 Å². The highest BCUT2D eigenvalue weighted by atomic mass is 127. The van der Waals surface area contributed by atoms with E-state index in [1.54, 1.807) is 11.3 Å². The molecule has 0 radical (unpaired) electrons. The molecule has 1 nitrogen and oxygen atoms in total. The molecular weight excluding hydrogens is 409 g/mol. The van der Waals surface area contributed by atoms with E-state index < -0.39 is 0 Å². The number of benzene rings is 1. The second kappa shape index (κ2) is 6.31. The highest BCUT2D eigenvalue weighted by Crippen LogP contribution is 2.26. The Bertz CT molecular complexity index is 498. The van der Waals surface area contributed by atoms with Crippen molar-refractivity contribution in [2.24, 2.45) is 0 Å². The Kier molecular flexibility index (Phi) is 5.02. The third-order valence-corrected chi connectivity index (χ3v) is 5.02. The highest BCUT2D eigenvalue weighted by molar-refractivity contribution is 14.1. The molecule has 0 aliphatic carbocycles. The zero-order valence-electron chi connectivity index (χ0n) is 9.41. The fourth-order valence-corrected chi connectivity index (χ4v) is 3.84. The van der Waals surface area contributed by atoms with Gasteiger partial charge in [-0.3, -0.25) is 0 Å². The molecule has 2 aromatic rings. The molecular formula is C13H13BrINS. The zero-order chi connectivity index (χ0) is 12.3. The van der Waals surface area contributed by atoms with E-state index in [9.17, 15) is 0 Å². The normalized spacial score (nSPS) is 12.6. The summed E-state index contributed by atoms with van der Waals surface area (Å²) < 4.78 is 2.46. The van der Waals surface area contributed by atoms with Crippen LogP contribution in [0.4, 0.5) is 0 Å². The Morgan fingerprint density at radius 1 is 1.41 bits per heavy atom. The molecule has 0 aliphatic rings. The number of halogens is 2. The van der Waals surface area contributed by atoms with Crippen LogP contribution in [0.25, 0.3) is 0 Å². The second-order valence-corrected chi connectivity index (χ2v) is 6.99. The maximum Gasteiger partial charge on any atom is 0.0366 e. The average molecular weight is 422 g/mol. The molecule has 1 aromatic carbocycles. The van der Waals surface area contributed by atoms with E-state index in [-0.39, 0.29) is 0 Å². The lowest BCUT2D eigenvalue weighted by Gasteiger charge is -2.16. The summed E-state index contributed by atoms with van der Waals surface area (Å²) in [5, 5.41) is 5.53. The summed E-state index contributed by atoms with van der Waals surface area (Å²) in [7, 11) is 2.02. The van der Waals surface area contributed by atoms with Gasteiger partial charge in [-0.15, -0.1) is 11.3 Å². The number of likely N-dealkylation sites (N-methyl/N-ethyl adjacent to an activating group) is 1. The van der Waals surface area contributed by atoms with E-state index in [0.717, 1.165) is 6.42 Å². The highest BCUT2D eigenvalue weighted by Gasteiger charge is 2.11. The molecule has 90 valence electrons. The predicted molar refractivity (Wildman–Crippen MR) is 86.7 cm³/mol. The zero-order valence-corrected chi connectivity index (χ0v) is 14.0. The van der Waals surface area contributed by atoms with E-state index in [1.165, 1.54) is 18.5 Å². The van der Waals surface area contributed by atoms with Crippen LogP contribution in [0.1, 0.15) is 16.5 Å². The first kappa shape index (κ1) is 13.5. The van der Waals surface area contributed by atoms with Gasteiger partial charge in [-0.1, -0.05) is 12.1 Å². The van der Waals surface area contributed by atoms with Gasteiger partial charge in [0.25, 0.3) is 0 Å². The summed E-state index contributed by atoms with van der Waals surface area (Å²) in [6, 6.07) is 11.2. The monoisotopic (exact) mass is 421 g/mol. The lowest BCUT2D eigenvalue weighted by atomic mass is 10.0. The SMILES string of the molecule is CNC(Cc1cc(Br)cs1)c1cccc(I)c1. The first-order chi connectivity index (χ1) is 8.19. The number of rotatable bonds is 4. The van der Waals surface area contributed by atoms with Crippen LogP contribution in [0.3, 0.4) is 0 Å². The molecule has 0 saturated heterocycles. The summed E-state index contributed by atoms with van der Waals surface area (Å²) >= 11 is 7.66. The lowest BCUT2D eigenvalue weighted by molar-refractivity contribution is 0.596. The number of hydrogen-bond donors (Lipinski definition) is 1. The lowest BCUT2D eigenvalue weighted by Crippen LogP contribution is -2.18. The van der Waals surface area contributed by atoms with Crippen LogP contribution in [0.5, 0.6) is 0 Å². The van der Waals surface area contributed by atoms with Crippen molar-refractivity contribution in [3.8, 4) is 0 Å². The van der Waals surface area contributed by atoms with Gasteiger partial charge in [-0.25, -0.2) is 0 Å². The molecule has 0 aliphatic heterocycles. The van der Waals surface area contributed by atoms with Crippen LogP contribution in [0.15, 0.2) is 40.2 Å². The Balaban J connectivity index is 2.16. The minimum atomic E-state index is 0.385. The van der Waals surface area contributed by atoms with E-state index in [1.807, 2.05) is 7.05 Å². The number of nitrogens with one attached hydrogen (secondary N) is 1. The standard InChI is InChI=1S/C13H13BrINS/c1-16-13(7-12-6-10(14)8-17-12)9-3-2-4-11(15)5-9/h2-6,8,13,16H,7H2,1H3. The minimum Gasteiger partial charge on any atom is -0.313 e. The quantitative estimate of drug-likeness (QED) is 0.710. The third kappa shape index (κ3) is 3.77.